The van der Waals surface area contributed by atoms with Crippen LogP contribution >= 0.6 is 0 Å². The first-order valence-electron chi connectivity index (χ1n) is 16.4. The molecule has 0 amide bonds. The van der Waals surface area contributed by atoms with Crippen LogP contribution in [0.5, 0.6) is 0 Å². The van der Waals surface area contributed by atoms with E-state index in [1.54, 1.807) is 44.5 Å². The third-order valence-electron chi connectivity index (χ3n) is 10.2. The molecule has 6 unspecified atom stereocenters. The Balaban J connectivity index is 2.69. The molecule has 0 saturated carbocycles. The van der Waals surface area contributed by atoms with E-state index < -0.39 is 0 Å². The van der Waals surface area contributed by atoms with E-state index in [-0.39, 0.29) is 0 Å². The van der Waals surface area contributed by atoms with Crippen LogP contribution in [0.25, 0.3) is 0 Å². The molecule has 0 nitrogen and oxygen atoms in total. The molecule has 2 aromatic carbocycles. The number of aryl methyl sites for hydroxylation is 2. The molecule has 2 aromatic rings. The van der Waals surface area contributed by atoms with Crippen LogP contribution in [0.2, 0.25) is 0 Å². The maximum Gasteiger partial charge on any atom is -0.0187 e. The predicted molar refractivity (Wildman–Crippen MR) is 173 cm³/mol. The van der Waals surface area contributed by atoms with Gasteiger partial charge in [-0.3, -0.25) is 0 Å². The molecule has 0 heterocycles. The van der Waals surface area contributed by atoms with Crippen molar-refractivity contribution in [2.24, 2.45) is 0 Å². The van der Waals surface area contributed by atoms with Crippen molar-refractivity contribution in [3.8, 4) is 0 Å². The molecule has 0 aromatic heterocycles. The van der Waals surface area contributed by atoms with Gasteiger partial charge in [-0.05, 0) is 131 Å². The van der Waals surface area contributed by atoms with E-state index in [9.17, 15) is 0 Å². The van der Waals surface area contributed by atoms with Gasteiger partial charge in [-0.2, -0.15) is 0 Å². The van der Waals surface area contributed by atoms with Gasteiger partial charge in [0, 0.05) is 0 Å². The van der Waals surface area contributed by atoms with Crippen molar-refractivity contribution in [1.82, 2.24) is 0 Å². The molecule has 214 valence electrons. The highest BCUT2D eigenvalue weighted by molar-refractivity contribution is 5.49. The van der Waals surface area contributed by atoms with Crippen LogP contribution < -0.4 is 0 Å². The molecule has 0 heteroatoms. The molecular weight excluding hydrogens is 456 g/mol. The van der Waals surface area contributed by atoms with Crippen LogP contribution in [0.1, 0.15) is 202 Å². The normalized spacial score (nSPS) is 16.6. The topological polar surface area (TPSA) is 0 Å². The first kappa shape index (κ1) is 32.7. The molecule has 0 fully saturated rings. The van der Waals surface area contributed by atoms with Gasteiger partial charge in [0.1, 0.15) is 0 Å². The summed E-state index contributed by atoms with van der Waals surface area (Å²) in [5.74, 6) is 3.69. The summed E-state index contributed by atoms with van der Waals surface area (Å²) in [6.07, 6.45) is 9.56. The van der Waals surface area contributed by atoms with Gasteiger partial charge in [0.15, 0.2) is 0 Å². The SMILES string of the molecule is CCC(C)c1ccc(CCc2ccc(C(C)CC)c(C(C)CC)c2C(C)CC)c(C(C)CC)c1C(C)CC. The zero-order chi connectivity index (χ0) is 28.6. The Morgan fingerprint density at radius 3 is 0.895 bits per heavy atom. The lowest BCUT2D eigenvalue weighted by Gasteiger charge is -2.30. The average Bonchev–Trinajstić information content (AvgIpc) is 2.96. The largest absolute Gasteiger partial charge is 0.0648 e. The van der Waals surface area contributed by atoms with Crippen LogP contribution in [0, 0.1) is 0 Å². The molecule has 6 atom stereocenters. The van der Waals surface area contributed by atoms with Crippen LogP contribution in [-0.2, 0) is 12.8 Å². The van der Waals surface area contributed by atoms with E-state index in [1.807, 2.05) is 0 Å². The van der Waals surface area contributed by atoms with E-state index >= 15 is 0 Å². The van der Waals surface area contributed by atoms with E-state index in [0.717, 1.165) is 12.8 Å². The first-order valence-corrected chi connectivity index (χ1v) is 16.4. The van der Waals surface area contributed by atoms with Gasteiger partial charge in [0.2, 0.25) is 0 Å². The van der Waals surface area contributed by atoms with Crippen molar-refractivity contribution >= 4 is 0 Å². The van der Waals surface area contributed by atoms with Gasteiger partial charge in [0.05, 0.1) is 0 Å². The van der Waals surface area contributed by atoms with Crippen LogP contribution in [0.3, 0.4) is 0 Å². The molecule has 0 N–H and O–H groups in total. The zero-order valence-electron chi connectivity index (χ0n) is 27.4. The number of benzene rings is 2. The summed E-state index contributed by atoms with van der Waals surface area (Å²) in [5, 5.41) is 0. The highest BCUT2D eigenvalue weighted by Crippen LogP contribution is 2.41. The molecule has 0 saturated heterocycles. The van der Waals surface area contributed by atoms with Crippen molar-refractivity contribution < 1.29 is 0 Å². The molecule has 0 bridgehead atoms. The minimum absolute atomic E-state index is 0.607. The summed E-state index contributed by atoms with van der Waals surface area (Å²) in [4.78, 5) is 0. The van der Waals surface area contributed by atoms with E-state index in [2.05, 4.69) is 107 Å². The second-order valence-electron chi connectivity index (χ2n) is 12.6. The smallest absolute Gasteiger partial charge is 0.0187 e. The second kappa shape index (κ2) is 15.3. The van der Waals surface area contributed by atoms with Crippen molar-refractivity contribution in [3.05, 3.63) is 68.8 Å². The third-order valence-corrected chi connectivity index (χ3v) is 10.2. The van der Waals surface area contributed by atoms with E-state index in [0.29, 0.717) is 35.5 Å². The average molecular weight is 519 g/mol. The lowest BCUT2D eigenvalue weighted by atomic mass is 9.75. The minimum atomic E-state index is 0.607. The second-order valence-corrected chi connectivity index (χ2v) is 12.6. The minimum Gasteiger partial charge on any atom is -0.0648 e. The number of rotatable bonds is 15. The van der Waals surface area contributed by atoms with Gasteiger partial charge < -0.3 is 0 Å². The third kappa shape index (κ3) is 7.14. The Morgan fingerprint density at radius 1 is 0.368 bits per heavy atom. The molecule has 0 aliphatic rings. The van der Waals surface area contributed by atoms with Crippen LogP contribution in [0.15, 0.2) is 24.3 Å². The van der Waals surface area contributed by atoms with Crippen molar-refractivity contribution in [1.29, 1.82) is 0 Å². The predicted octanol–water partition coefficient (Wildman–Crippen LogP) is 12.6. The summed E-state index contributed by atoms with van der Waals surface area (Å²) >= 11 is 0. The lowest BCUT2D eigenvalue weighted by Crippen LogP contribution is -2.14. The van der Waals surface area contributed by atoms with Crippen molar-refractivity contribution in [2.75, 3.05) is 0 Å². The molecular formula is C38H62. The number of hydrogen-bond donors (Lipinski definition) is 0. The maximum atomic E-state index is 2.51. The molecule has 0 radical (unpaired) electrons. The highest BCUT2D eigenvalue weighted by atomic mass is 14.3. The Hall–Kier alpha value is -1.56. The first-order chi connectivity index (χ1) is 18.1. The fraction of sp³-hybridized carbons (Fsp3) is 0.684. The van der Waals surface area contributed by atoms with Gasteiger partial charge in [0.25, 0.3) is 0 Å². The van der Waals surface area contributed by atoms with E-state index in [4.69, 9.17) is 0 Å². The van der Waals surface area contributed by atoms with Gasteiger partial charge in [-0.25, -0.2) is 0 Å². The summed E-state index contributed by atoms with van der Waals surface area (Å²) < 4.78 is 0. The summed E-state index contributed by atoms with van der Waals surface area (Å²) in [5.41, 5.74) is 13.2. The van der Waals surface area contributed by atoms with Gasteiger partial charge in [-0.1, -0.05) is 107 Å². The molecule has 0 aliphatic carbocycles. The molecule has 0 aliphatic heterocycles. The molecule has 0 spiro atoms. The molecule has 38 heavy (non-hydrogen) atoms. The Bertz CT molecular complexity index is 914. The zero-order valence-corrected chi connectivity index (χ0v) is 27.4. The lowest BCUT2D eigenvalue weighted by molar-refractivity contribution is 0.632. The summed E-state index contributed by atoms with van der Waals surface area (Å²) in [6.45, 7) is 28.9. The van der Waals surface area contributed by atoms with Crippen molar-refractivity contribution in [3.63, 3.8) is 0 Å². The fourth-order valence-corrected chi connectivity index (χ4v) is 6.48. The fourth-order valence-electron chi connectivity index (χ4n) is 6.48. The van der Waals surface area contributed by atoms with E-state index in [1.165, 1.54) is 38.5 Å². The Labute approximate surface area is 238 Å². The maximum absolute atomic E-state index is 2.51. The van der Waals surface area contributed by atoms with Crippen molar-refractivity contribution in [2.45, 2.75) is 170 Å². The quantitative estimate of drug-likeness (QED) is 0.220. The Kier molecular flexibility index (Phi) is 13.1. The monoisotopic (exact) mass is 518 g/mol. The van der Waals surface area contributed by atoms with Gasteiger partial charge >= 0.3 is 0 Å². The number of hydrogen-bond acceptors (Lipinski definition) is 0. The summed E-state index contributed by atoms with van der Waals surface area (Å²) in [7, 11) is 0. The van der Waals surface area contributed by atoms with Crippen LogP contribution in [-0.4, -0.2) is 0 Å². The summed E-state index contributed by atoms with van der Waals surface area (Å²) in [6, 6.07) is 10.0. The van der Waals surface area contributed by atoms with Gasteiger partial charge in [-0.15, -0.1) is 0 Å². The highest BCUT2D eigenvalue weighted by Gasteiger charge is 2.25. The molecule has 2 rings (SSSR count). The van der Waals surface area contributed by atoms with Crippen LogP contribution in [0.4, 0.5) is 0 Å². The Morgan fingerprint density at radius 2 is 0.632 bits per heavy atom. The standard InChI is InChI=1S/C38H62/c1-13-25(7)33-23-21-31(35(27(9)15-3)37(33)29(11)17-5)19-20-32-22-24-34(26(8)14-2)38(30(12)18-6)36(32)28(10)16-4/h21-30H,13-20H2,1-12H3.